The largest absolute Gasteiger partial charge is 0.322 e. The van der Waals surface area contributed by atoms with Crippen LogP contribution in [-0.2, 0) is 22.7 Å². The van der Waals surface area contributed by atoms with Crippen LogP contribution in [-0.4, -0.2) is 33.6 Å². The Balaban J connectivity index is 1.83. The van der Waals surface area contributed by atoms with E-state index in [1.54, 1.807) is 18.2 Å². The van der Waals surface area contributed by atoms with Crippen LogP contribution in [0.5, 0.6) is 0 Å². The number of imide groups is 1. The Morgan fingerprint density at radius 1 is 1.32 bits per heavy atom. The van der Waals surface area contributed by atoms with E-state index < -0.39 is 16.9 Å². The Labute approximate surface area is 125 Å². The van der Waals surface area contributed by atoms with Crippen LogP contribution < -0.4 is 5.32 Å². The van der Waals surface area contributed by atoms with E-state index >= 15 is 0 Å². The van der Waals surface area contributed by atoms with Gasteiger partial charge in [0.25, 0.3) is 5.91 Å². The topological polar surface area (TPSA) is 110 Å². The van der Waals surface area contributed by atoms with Crippen molar-refractivity contribution in [1.82, 2.24) is 10.2 Å². The summed E-state index contributed by atoms with van der Waals surface area (Å²) in [7, 11) is 0. The fourth-order valence-corrected chi connectivity index (χ4v) is 2.88. The van der Waals surface area contributed by atoms with Crippen LogP contribution in [0.1, 0.15) is 34.3 Å². The fourth-order valence-electron chi connectivity index (χ4n) is 2.88. The molecule has 1 atom stereocenters. The fraction of sp³-hybridized carbons (Fsp3) is 0.357. The van der Waals surface area contributed by atoms with Gasteiger partial charge in [0.1, 0.15) is 6.04 Å². The van der Waals surface area contributed by atoms with Crippen LogP contribution in [0, 0.1) is 10.1 Å². The number of amides is 3. The van der Waals surface area contributed by atoms with Crippen molar-refractivity contribution in [2.45, 2.75) is 32.0 Å². The van der Waals surface area contributed by atoms with Gasteiger partial charge in [-0.1, -0.05) is 6.07 Å². The summed E-state index contributed by atoms with van der Waals surface area (Å²) in [5.41, 5.74) is 1.65. The normalized spacial score (nSPS) is 20.8. The minimum atomic E-state index is -0.670. The van der Waals surface area contributed by atoms with Gasteiger partial charge in [0.05, 0.1) is 0 Å². The van der Waals surface area contributed by atoms with Gasteiger partial charge in [-0.25, -0.2) is 0 Å². The van der Waals surface area contributed by atoms with Crippen molar-refractivity contribution >= 4 is 17.7 Å². The molecule has 0 bridgehead atoms. The van der Waals surface area contributed by atoms with E-state index in [2.05, 4.69) is 5.32 Å². The molecule has 1 saturated heterocycles. The van der Waals surface area contributed by atoms with E-state index in [1.807, 2.05) is 0 Å². The summed E-state index contributed by atoms with van der Waals surface area (Å²) in [6.07, 6.45) is 0.495. The molecule has 1 N–H and O–H groups in total. The molecule has 0 saturated carbocycles. The number of carbonyl (C=O) groups is 3. The van der Waals surface area contributed by atoms with Crippen LogP contribution in [0.4, 0.5) is 0 Å². The molecular weight excluding hydrogens is 290 g/mol. The second-order valence-corrected chi connectivity index (χ2v) is 5.38. The van der Waals surface area contributed by atoms with Crippen molar-refractivity contribution in [3.63, 3.8) is 0 Å². The summed E-state index contributed by atoms with van der Waals surface area (Å²) in [6, 6.07) is 4.06. The molecule has 1 aromatic rings. The summed E-state index contributed by atoms with van der Waals surface area (Å²) in [5, 5.41) is 12.8. The summed E-state index contributed by atoms with van der Waals surface area (Å²) in [5.74, 6) is -1.08. The zero-order valence-electron chi connectivity index (χ0n) is 11.6. The van der Waals surface area contributed by atoms with Crippen LogP contribution in [0.2, 0.25) is 0 Å². The van der Waals surface area contributed by atoms with Gasteiger partial charge in [-0.2, -0.15) is 0 Å². The van der Waals surface area contributed by atoms with Gasteiger partial charge >= 0.3 is 0 Å². The number of hydrogen-bond donors (Lipinski definition) is 1. The summed E-state index contributed by atoms with van der Waals surface area (Å²) < 4.78 is 0. The minimum Gasteiger partial charge on any atom is -0.322 e. The molecule has 0 spiro atoms. The number of nitrogens with zero attached hydrogens (tertiary/aromatic N) is 2. The lowest BCUT2D eigenvalue weighted by atomic mass is 10.0. The number of nitrogens with one attached hydrogen (secondary N) is 1. The van der Waals surface area contributed by atoms with Crippen molar-refractivity contribution in [2.24, 2.45) is 0 Å². The molecule has 0 aromatic heterocycles. The number of piperidine rings is 1. The number of benzene rings is 1. The van der Waals surface area contributed by atoms with E-state index in [9.17, 15) is 24.5 Å². The highest BCUT2D eigenvalue weighted by atomic mass is 16.6. The van der Waals surface area contributed by atoms with Gasteiger partial charge in [-0.3, -0.25) is 29.8 Å². The molecule has 8 nitrogen and oxygen atoms in total. The summed E-state index contributed by atoms with van der Waals surface area (Å²) in [6.45, 7) is -0.0775. The average molecular weight is 303 g/mol. The van der Waals surface area contributed by atoms with Crippen molar-refractivity contribution < 1.29 is 19.3 Å². The van der Waals surface area contributed by atoms with Crippen LogP contribution in [0.15, 0.2) is 18.2 Å². The summed E-state index contributed by atoms with van der Waals surface area (Å²) in [4.78, 5) is 47.0. The van der Waals surface area contributed by atoms with Gasteiger partial charge in [0.2, 0.25) is 18.4 Å². The van der Waals surface area contributed by atoms with Gasteiger partial charge in [0.15, 0.2) is 0 Å². The van der Waals surface area contributed by atoms with Crippen LogP contribution >= 0.6 is 0 Å². The second-order valence-electron chi connectivity index (χ2n) is 5.38. The Hall–Kier alpha value is -2.77. The molecule has 114 valence electrons. The molecule has 3 rings (SSSR count). The lowest BCUT2D eigenvalue weighted by Gasteiger charge is -2.29. The van der Waals surface area contributed by atoms with Crippen molar-refractivity contribution in [2.75, 3.05) is 0 Å². The number of nitro groups is 1. The molecule has 1 unspecified atom stereocenters. The molecule has 1 fully saturated rings. The maximum atomic E-state index is 12.4. The molecule has 22 heavy (non-hydrogen) atoms. The Bertz CT molecular complexity index is 700. The first-order valence-corrected chi connectivity index (χ1v) is 6.84. The number of fused-ring (bicyclic) bond motifs is 1. The molecule has 2 aliphatic rings. The molecule has 8 heteroatoms. The third-order valence-corrected chi connectivity index (χ3v) is 3.90. The standard InChI is InChI=1S/C14H13N3O5/c18-12-4-3-11(13(19)15-12)16-7-9-5-8(6-17(21)22)1-2-10(9)14(16)20/h1-2,5,11H,3-4,6-7H2,(H,15,18,19). The van der Waals surface area contributed by atoms with Gasteiger partial charge in [-0.15, -0.1) is 0 Å². The van der Waals surface area contributed by atoms with E-state index in [0.29, 0.717) is 23.1 Å². The van der Waals surface area contributed by atoms with Crippen LogP contribution in [0.3, 0.4) is 0 Å². The van der Waals surface area contributed by atoms with E-state index in [-0.39, 0.29) is 31.3 Å². The minimum absolute atomic E-state index is 0.198. The smallest absolute Gasteiger partial charge is 0.255 e. The molecule has 3 amide bonds. The number of rotatable bonds is 3. The quantitative estimate of drug-likeness (QED) is 0.488. The Morgan fingerprint density at radius 3 is 2.77 bits per heavy atom. The van der Waals surface area contributed by atoms with Crippen molar-refractivity contribution in [3.05, 3.63) is 45.0 Å². The third-order valence-electron chi connectivity index (χ3n) is 3.90. The zero-order valence-corrected chi connectivity index (χ0v) is 11.6. The van der Waals surface area contributed by atoms with Gasteiger partial charge < -0.3 is 4.90 Å². The first-order valence-electron chi connectivity index (χ1n) is 6.84. The highest BCUT2D eigenvalue weighted by Gasteiger charge is 2.39. The maximum absolute atomic E-state index is 12.4. The van der Waals surface area contributed by atoms with Gasteiger partial charge in [-0.05, 0) is 24.1 Å². The SMILES string of the molecule is O=C1CCC(N2Cc3cc(C[N+](=O)[O-])ccc3C2=O)C(=O)N1. The summed E-state index contributed by atoms with van der Waals surface area (Å²) >= 11 is 0. The molecular formula is C14H13N3O5. The predicted molar refractivity (Wildman–Crippen MR) is 73.2 cm³/mol. The lowest BCUT2D eigenvalue weighted by Crippen LogP contribution is -2.52. The van der Waals surface area contributed by atoms with E-state index in [4.69, 9.17) is 0 Å². The van der Waals surface area contributed by atoms with Gasteiger partial charge in [0, 0.05) is 29.0 Å². The number of hydrogen-bond acceptors (Lipinski definition) is 5. The Morgan fingerprint density at radius 2 is 2.09 bits per heavy atom. The highest BCUT2D eigenvalue weighted by Crippen LogP contribution is 2.28. The second kappa shape index (κ2) is 5.21. The van der Waals surface area contributed by atoms with E-state index in [0.717, 1.165) is 0 Å². The Kier molecular flexibility index (Phi) is 3.36. The van der Waals surface area contributed by atoms with E-state index in [1.165, 1.54) is 4.90 Å². The lowest BCUT2D eigenvalue weighted by molar-refractivity contribution is -0.496. The number of carbonyl (C=O) groups excluding carboxylic acids is 3. The molecule has 0 aliphatic carbocycles. The maximum Gasteiger partial charge on any atom is 0.255 e. The molecule has 2 heterocycles. The third kappa shape index (κ3) is 2.43. The van der Waals surface area contributed by atoms with Crippen molar-refractivity contribution in [1.29, 1.82) is 0 Å². The zero-order chi connectivity index (χ0) is 15.9. The highest BCUT2D eigenvalue weighted by molar-refractivity contribution is 6.05. The predicted octanol–water partition coefficient (Wildman–Crippen LogP) is 0.224. The first-order chi connectivity index (χ1) is 10.5. The van der Waals surface area contributed by atoms with Crippen molar-refractivity contribution in [3.8, 4) is 0 Å². The first kappa shape index (κ1) is 14.2. The van der Waals surface area contributed by atoms with Crippen LogP contribution in [0.25, 0.3) is 0 Å². The molecule has 2 aliphatic heterocycles. The molecule has 0 radical (unpaired) electrons. The monoisotopic (exact) mass is 303 g/mol. The average Bonchev–Trinajstić information content (AvgIpc) is 2.75. The molecule has 1 aromatic carbocycles.